The zero-order valence-corrected chi connectivity index (χ0v) is 21.1. The first-order valence-electron chi connectivity index (χ1n) is 11.5. The minimum Gasteiger partial charge on any atom is -0.480 e. The molecule has 1 aromatic carbocycles. The monoisotopic (exact) mass is 475 g/mol. The second kappa shape index (κ2) is 10.0. The van der Waals surface area contributed by atoms with E-state index in [1.54, 1.807) is 20.8 Å². The molecule has 34 heavy (non-hydrogen) atoms. The fourth-order valence-corrected chi connectivity index (χ4v) is 4.07. The Bertz CT molecular complexity index is 922. The van der Waals surface area contributed by atoms with Crippen LogP contribution in [0.4, 0.5) is 4.79 Å². The van der Waals surface area contributed by atoms with Crippen LogP contribution in [0.25, 0.3) is 0 Å². The van der Waals surface area contributed by atoms with Crippen molar-refractivity contribution in [2.75, 3.05) is 6.54 Å². The Labute approximate surface area is 201 Å². The van der Waals surface area contributed by atoms with Gasteiger partial charge in [0.1, 0.15) is 23.2 Å². The molecule has 0 saturated carbocycles. The van der Waals surface area contributed by atoms with Crippen LogP contribution in [0.5, 0.6) is 0 Å². The van der Waals surface area contributed by atoms with Gasteiger partial charge in [-0.05, 0) is 52.5 Å². The van der Waals surface area contributed by atoms with Gasteiger partial charge in [0.2, 0.25) is 5.91 Å². The lowest BCUT2D eigenvalue weighted by Crippen LogP contribution is -2.82. The molecule has 9 heteroatoms. The summed E-state index contributed by atoms with van der Waals surface area (Å²) in [6.07, 6.45) is 0.0631. The Kier molecular flexibility index (Phi) is 8.01. The lowest BCUT2D eigenvalue weighted by atomic mass is 9.71. The number of carboxylic acids is 1. The number of alkyl carbamates (subject to hydrolysis) is 1. The standard InChI is InChI=1S/C25H37N3O6/c1-16(2)13-18-25(14-17-11-9-8-10-12-17,27-22(33)34-23(3,4)5)20(30)28(18)15-19(29)26-24(6,7)21(31)32/h8-12,16,18H,13-15H2,1-7H3,(H,26,29)(H,27,33)(H,31,32). The number of β-lactam (4-membered cyclic amide) rings is 1. The van der Waals surface area contributed by atoms with E-state index in [9.17, 15) is 24.3 Å². The van der Waals surface area contributed by atoms with Crippen LogP contribution in [0, 0.1) is 5.92 Å². The third kappa shape index (κ3) is 6.48. The molecule has 0 aromatic heterocycles. The number of ether oxygens (including phenoxy) is 1. The average Bonchev–Trinajstić information content (AvgIpc) is 2.68. The molecule has 1 aliphatic heterocycles. The van der Waals surface area contributed by atoms with Crippen molar-refractivity contribution in [2.45, 2.75) is 84.0 Å². The molecule has 2 unspecified atom stereocenters. The summed E-state index contributed by atoms with van der Waals surface area (Å²) in [5.74, 6) is -2.01. The molecular weight excluding hydrogens is 438 g/mol. The van der Waals surface area contributed by atoms with Gasteiger partial charge in [0, 0.05) is 6.42 Å². The molecule has 0 bridgehead atoms. The van der Waals surface area contributed by atoms with Crippen molar-refractivity contribution in [2.24, 2.45) is 5.92 Å². The number of benzene rings is 1. The number of likely N-dealkylation sites (tertiary alicyclic amines) is 1. The number of aliphatic carboxylic acids is 1. The summed E-state index contributed by atoms with van der Waals surface area (Å²) in [6, 6.07) is 8.86. The van der Waals surface area contributed by atoms with E-state index in [0.717, 1.165) is 5.56 Å². The van der Waals surface area contributed by atoms with E-state index in [1.165, 1.54) is 18.7 Å². The second-order valence-corrected chi connectivity index (χ2v) is 10.8. The molecule has 1 heterocycles. The number of nitrogens with zero attached hydrogens (tertiary/aromatic N) is 1. The van der Waals surface area contributed by atoms with Crippen LogP contribution in [0.1, 0.15) is 60.5 Å². The Morgan fingerprint density at radius 2 is 1.71 bits per heavy atom. The van der Waals surface area contributed by atoms with Gasteiger partial charge in [-0.2, -0.15) is 0 Å². The van der Waals surface area contributed by atoms with E-state index >= 15 is 0 Å². The Balaban J connectivity index is 2.37. The van der Waals surface area contributed by atoms with Gasteiger partial charge in [-0.15, -0.1) is 0 Å². The van der Waals surface area contributed by atoms with Crippen molar-refractivity contribution in [3.05, 3.63) is 35.9 Å². The maximum Gasteiger partial charge on any atom is 0.408 e. The lowest BCUT2D eigenvalue weighted by Gasteiger charge is -2.56. The second-order valence-electron chi connectivity index (χ2n) is 10.8. The van der Waals surface area contributed by atoms with Gasteiger partial charge in [0.05, 0.1) is 6.04 Å². The summed E-state index contributed by atoms with van der Waals surface area (Å²) in [5, 5.41) is 14.6. The number of hydrogen-bond acceptors (Lipinski definition) is 5. The van der Waals surface area contributed by atoms with Gasteiger partial charge in [-0.25, -0.2) is 9.59 Å². The van der Waals surface area contributed by atoms with Crippen molar-refractivity contribution in [3.8, 4) is 0 Å². The summed E-state index contributed by atoms with van der Waals surface area (Å²) in [4.78, 5) is 51.8. The molecule has 188 valence electrons. The van der Waals surface area contributed by atoms with E-state index < -0.39 is 46.6 Å². The first kappa shape index (κ1) is 27.1. The highest BCUT2D eigenvalue weighted by molar-refractivity contribution is 6.00. The molecule has 9 nitrogen and oxygen atoms in total. The molecule has 0 spiro atoms. The molecule has 2 atom stereocenters. The van der Waals surface area contributed by atoms with Crippen LogP contribution in [0.2, 0.25) is 0 Å². The van der Waals surface area contributed by atoms with E-state index in [2.05, 4.69) is 10.6 Å². The minimum atomic E-state index is -1.48. The number of carboxylic acid groups (broad SMARTS) is 1. The van der Waals surface area contributed by atoms with E-state index in [1.807, 2.05) is 44.2 Å². The summed E-state index contributed by atoms with van der Waals surface area (Å²) < 4.78 is 5.45. The Hall–Kier alpha value is -3.10. The lowest BCUT2D eigenvalue weighted by molar-refractivity contribution is -0.167. The molecule has 3 N–H and O–H groups in total. The van der Waals surface area contributed by atoms with Crippen molar-refractivity contribution in [3.63, 3.8) is 0 Å². The van der Waals surface area contributed by atoms with Gasteiger partial charge < -0.3 is 25.4 Å². The van der Waals surface area contributed by atoms with Gasteiger partial charge >= 0.3 is 12.1 Å². The molecular formula is C25H37N3O6. The molecule has 0 radical (unpaired) electrons. The first-order chi connectivity index (χ1) is 15.6. The van der Waals surface area contributed by atoms with Crippen LogP contribution in [-0.4, -0.2) is 63.1 Å². The largest absolute Gasteiger partial charge is 0.480 e. The maximum atomic E-state index is 13.6. The maximum absolute atomic E-state index is 13.6. The highest BCUT2D eigenvalue weighted by atomic mass is 16.6. The summed E-state index contributed by atoms with van der Waals surface area (Å²) >= 11 is 0. The molecule has 1 saturated heterocycles. The predicted molar refractivity (Wildman–Crippen MR) is 127 cm³/mol. The van der Waals surface area contributed by atoms with Crippen molar-refractivity contribution < 1.29 is 29.0 Å². The highest BCUT2D eigenvalue weighted by Gasteiger charge is 2.62. The zero-order chi connectivity index (χ0) is 25.9. The van der Waals surface area contributed by atoms with Crippen molar-refractivity contribution >= 4 is 23.9 Å². The van der Waals surface area contributed by atoms with Crippen LogP contribution < -0.4 is 10.6 Å². The zero-order valence-electron chi connectivity index (χ0n) is 21.1. The van der Waals surface area contributed by atoms with Crippen molar-refractivity contribution in [1.29, 1.82) is 0 Å². The Morgan fingerprint density at radius 3 is 2.21 bits per heavy atom. The average molecular weight is 476 g/mol. The third-order valence-electron chi connectivity index (χ3n) is 5.63. The van der Waals surface area contributed by atoms with Gasteiger partial charge in [-0.3, -0.25) is 9.59 Å². The van der Waals surface area contributed by atoms with E-state index in [-0.39, 0.29) is 18.9 Å². The fourth-order valence-electron chi connectivity index (χ4n) is 4.07. The van der Waals surface area contributed by atoms with Crippen LogP contribution >= 0.6 is 0 Å². The molecule has 1 aromatic rings. The van der Waals surface area contributed by atoms with Gasteiger partial charge in [0.15, 0.2) is 0 Å². The number of rotatable bonds is 9. The molecule has 1 fully saturated rings. The van der Waals surface area contributed by atoms with Gasteiger partial charge in [-0.1, -0.05) is 44.2 Å². The quantitative estimate of drug-likeness (QED) is 0.472. The Morgan fingerprint density at radius 1 is 1.12 bits per heavy atom. The van der Waals surface area contributed by atoms with Gasteiger partial charge in [0.25, 0.3) is 5.91 Å². The number of nitrogens with one attached hydrogen (secondary N) is 2. The predicted octanol–water partition coefficient (Wildman–Crippen LogP) is 2.73. The number of carbonyl (C=O) groups is 4. The number of carbonyl (C=O) groups excluding carboxylic acids is 3. The number of hydrogen-bond donors (Lipinski definition) is 3. The SMILES string of the molecule is CC(C)CC1N(CC(=O)NC(C)(C)C(=O)O)C(=O)C1(Cc1ccccc1)NC(=O)OC(C)(C)C. The molecule has 0 aliphatic carbocycles. The summed E-state index contributed by atoms with van der Waals surface area (Å²) in [7, 11) is 0. The first-order valence-corrected chi connectivity index (χ1v) is 11.5. The minimum absolute atomic E-state index is 0.162. The molecule has 1 aliphatic rings. The normalized spacial score (nSPS) is 20.5. The van der Waals surface area contributed by atoms with E-state index in [4.69, 9.17) is 4.74 Å². The summed E-state index contributed by atoms with van der Waals surface area (Å²) in [6.45, 7) is 11.7. The van der Waals surface area contributed by atoms with Crippen LogP contribution in [0.15, 0.2) is 30.3 Å². The topological polar surface area (TPSA) is 125 Å². The smallest absolute Gasteiger partial charge is 0.408 e. The highest BCUT2D eigenvalue weighted by Crippen LogP contribution is 2.38. The van der Waals surface area contributed by atoms with Crippen LogP contribution in [-0.2, 0) is 25.5 Å². The summed E-state index contributed by atoms with van der Waals surface area (Å²) in [5.41, 5.74) is -2.65. The van der Waals surface area contributed by atoms with Crippen molar-refractivity contribution in [1.82, 2.24) is 15.5 Å². The molecule has 2 rings (SSSR count). The van der Waals surface area contributed by atoms with Crippen LogP contribution in [0.3, 0.4) is 0 Å². The molecule has 3 amide bonds. The number of amides is 3. The third-order valence-corrected chi connectivity index (χ3v) is 5.63. The fraction of sp³-hybridized carbons (Fsp3) is 0.600. The van der Waals surface area contributed by atoms with E-state index in [0.29, 0.717) is 6.42 Å².